The Hall–Kier alpha value is -3.58. The number of nitrogens with one attached hydrogen (secondary N) is 1. The highest BCUT2D eigenvalue weighted by Gasteiger charge is 2.43. The first kappa shape index (κ1) is 28.0. The van der Waals surface area contributed by atoms with Crippen molar-refractivity contribution in [3.05, 3.63) is 48.4 Å². The fourth-order valence-electron chi connectivity index (χ4n) is 3.82. The summed E-state index contributed by atoms with van der Waals surface area (Å²) < 4.78 is 98.8. The second-order valence-corrected chi connectivity index (χ2v) is 8.20. The number of carbonyl (C=O) groups excluding carboxylic acids is 1. The molecule has 0 aromatic carbocycles. The highest BCUT2D eigenvalue weighted by atomic mass is 19.4. The number of pyridine rings is 2. The molecular weight excluding hydrogens is 511 g/mol. The van der Waals surface area contributed by atoms with E-state index in [1.807, 2.05) is 0 Å². The summed E-state index contributed by atoms with van der Waals surface area (Å²) in [4.78, 5) is 21.9. The van der Waals surface area contributed by atoms with E-state index in [4.69, 9.17) is 4.74 Å². The highest BCUT2D eigenvalue weighted by molar-refractivity contribution is 5.76. The number of rotatable bonds is 8. The SMILES string of the molecule is CCN(C(=O)N[C@@H](CCC(F)(F)F)C(F)(F)F)C(C)c1cc(-c2cc(F)c3nccn3c2)c(OC)cn1. The van der Waals surface area contributed by atoms with Gasteiger partial charge in [0.15, 0.2) is 11.5 Å². The largest absolute Gasteiger partial charge is 0.494 e. The van der Waals surface area contributed by atoms with Gasteiger partial charge >= 0.3 is 18.4 Å². The van der Waals surface area contributed by atoms with Gasteiger partial charge in [0.05, 0.1) is 25.0 Å². The van der Waals surface area contributed by atoms with Crippen LogP contribution in [0.4, 0.5) is 35.5 Å². The van der Waals surface area contributed by atoms with Gasteiger partial charge in [-0.3, -0.25) is 4.98 Å². The van der Waals surface area contributed by atoms with E-state index in [-0.39, 0.29) is 23.6 Å². The molecule has 3 aromatic heterocycles. The van der Waals surface area contributed by atoms with Crippen molar-refractivity contribution in [2.75, 3.05) is 13.7 Å². The Labute approximate surface area is 207 Å². The molecule has 202 valence electrons. The number of aromatic nitrogens is 3. The van der Waals surface area contributed by atoms with Crippen molar-refractivity contribution in [3.8, 4) is 16.9 Å². The fraction of sp³-hybridized carbons (Fsp3) is 0.435. The van der Waals surface area contributed by atoms with E-state index >= 15 is 0 Å². The van der Waals surface area contributed by atoms with Gasteiger partial charge in [-0.15, -0.1) is 0 Å². The van der Waals surface area contributed by atoms with Crippen LogP contribution in [0.25, 0.3) is 16.8 Å². The maximum absolute atomic E-state index is 14.5. The monoisotopic (exact) mass is 535 g/mol. The van der Waals surface area contributed by atoms with Crippen LogP contribution in [0, 0.1) is 5.82 Å². The van der Waals surface area contributed by atoms with Crippen LogP contribution < -0.4 is 10.1 Å². The zero-order chi connectivity index (χ0) is 27.5. The molecule has 1 N–H and O–H groups in total. The average molecular weight is 535 g/mol. The van der Waals surface area contributed by atoms with Crippen molar-refractivity contribution in [1.29, 1.82) is 0 Å². The van der Waals surface area contributed by atoms with Gasteiger partial charge in [0.25, 0.3) is 0 Å². The molecular formula is C23H24F7N5O2. The zero-order valence-electron chi connectivity index (χ0n) is 20.0. The minimum absolute atomic E-state index is 0.0739. The van der Waals surface area contributed by atoms with Crippen LogP contribution in [0.2, 0.25) is 0 Å². The lowest BCUT2D eigenvalue weighted by atomic mass is 10.0. The second-order valence-electron chi connectivity index (χ2n) is 8.20. The Morgan fingerprint density at radius 3 is 2.49 bits per heavy atom. The molecule has 0 spiro atoms. The Bertz CT molecular complexity index is 1240. The highest BCUT2D eigenvalue weighted by Crippen LogP contribution is 2.34. The summed E-state index contributed by atoms with van der Waals surface area (Å²) >= 11 is 0. The van der Waals surface area contributed by atoms with Crippen molar-refractivity contribution < 1.29 is 40.3 Å². The van der Waals surface area contributed by atoms with Gasteiger partial charge in [-0.1, -0.05) is 0 Å². The van der Waals surface area contributed by atoms with Crippen molar-refractivity contribution in [2.45, 2.75) is 51.1 Å². The summed E-state index contributed by atoms with van der Waals surface area (Å²) in [6.45, 7) is 2.93. The molecule has 3 heterocycles. The Kier molecular flexibility index (Phi) is 8.18. The molecule has 2 atom stereocenters. The third-order valence-corrected chi connectivity index (χ3v) is 5.77. The van der Waals surface area contributed by atoms with Gasteiger partial charge in [0.2, 0.25) is 0 Å². The summed E-state index contributed by atoms with van der Waals surface area (Å²) in [6.07, 6.45) is -7.07. The molecule has 37 heavy (non-hydrogen) atoms. The minimum atomic E-state index is -5.08. The molecule has 0 radical (unpaired) electrons. The van der Waals surface area contributed by atoms with E-state index in [0.29, 0.717) is 11.1 Å². The van der Waals surface area contributed by atoms with Gasteiger partial charge in [0.1, 0.15) is 11.8 Å². The van der Waals surface area contributed by atoms with Crippen LogP contribution in [-0.4, -0.2) is 57.3 Å². The van der Waals surface area contributed by atoms with Gasteiger partial charge in [-0.2, -0.15) is 26.3 Å². The Morgan fingerprint density at radius 1 is 1.19 bits per heavy atom. The first-order valence-electron chi connectivity index (χ1n) is 11.1. The molecule has 0 saturated carbocycles. The number of ether oxygens (including phenoxy) is 1. The van der Waals surface area contributed by atoms with E-state index in [9.17, 15) is 35.5 Å². The number of hydrogen-bond donors (Lipinski definition) is 1. The minimum Gasteiger partial charge on any atom is -0.494 e. The lowest BCUT2D eigenvalue weighted by molar-refractivity contribution is -0.171. The van der Waals surface area contributed by atoms with Gasteiger partial charge in [-0.05, 0) is 32.4 Å². The number of amides is 2. The molecule has 14 heteroatoms. The smallest absolute Gasteiger partial charge is 0.408 e. The summed E-state index contributed by atoms with van der Waals surface area (Å²) in [6, 6.07) is -2.06. The molecule has 2 amide bonds. The number of alkyl halides is 6. The molecule has 0 aliphatic rings. The molecule has 0 aliphatic heterocycles. The van der Waals surface area contributed by atoms with Gasteiger partial charge in [-0.25, -0.2) is 14.2 Å². The Morgan fingerprint density at radius 2 is 1.89 bits per heavy atom. The number of imidazole rings is 1. The van der Waals surface area contributed by atoms with E-state index in [0.717, 1.165) is 4.90 Å². The standard InChI is InChI=1S/C23H24F7N5O2/c1-4-35(21(36)33-19(23(28,29)30)5-6-22(25,26)27)13(2)17-10-15(18(37-3)11-32-17)14-9-16(24)20-31-7-8-34(20)12-14/h7-13,19H,4-6H2,1-3H3,(H,33,36)/t13?,19-/m0/s1. The molecule has 7 nitrogen and oxygen atoms in total. The van der Waals surface area contributed by atoms with Crippen molar-refractivity contribution in [3.63, 3.8) is 0 Å². The number of carbonyl (C=O) groups is 1. The van der Waals surface area contributed by atoms with Crippen LogP contribution in [0.3, 0.4) is 0 Å². The summed E-state index contributed by atoms with van der Waals surface area (Å²) in [7, 11) is 1.37. The fourth-order valence-corrected chi connectivity index (χ4v) is 3.82. The maximum atomic E-state index is 14.5. The van der Waals surface area contributed by atoms with E-state index in [2.05, 4.69) is 9.97 Å². The number of fused-ring (bicyclic) bond motifs is 1. The quantitative estimate of drug-likeness (QED) is 0.364. The van der Waals surface area contributed by atoms with E-state index in [1.54, 1.807) is 11.5 Å². The summed E-state index contributed by atoms with van der Waals surface area (Å²) in [5.74, 6) is -0.339. The third-order valence-electron chi connectivity index (χ3n) is 5.77. The number of hydrogen-bond acceptors (Lipinski definition) is 4. The second kappa shape index (κ2) is 10.8. The number of nitrogens with zero attached hydrogens (tertiary/aromatic N) is 4. The van der Waals surface area contributed by atoms with Crippen LogP contribution in [0.1, 0.15) is 38.4 Å². The predicted octanol–water partition coefficient (Wildman–Crippen LogP) is 5.91. The maximum Gasteiger partial charge on any atom is 0.408 e. The average Bonchev–Trinajstić information content (AvgIpc) is 3.29. The predicted molar refractivity (Wildman–Crippen MR) is 119 cm³/mol. The summed E-state index contributed by atoms with van der Waals surface area (Å²) in [5, 5.41) is 1.67. The van der Waals surface area contributed by atoms with Crippen molar-refractivity contribution >= 4 is 11.7 Å². The summed E-state index contributed by atoms with van der Waals surface area (Å²) in [5.41, 5.74) is 1.11. The molecule has 3 aromatic rings. The van der Waals surface area contributed by atoms with Crippen LogP contribution in [0.5, 0.6) is 5.75 Å². The lowest BCUT2D eigenvalue weighted by Gasteiger charge is -2.31. The van der Waals surface area contributed by atoms with Crippen LogP contribution >= 0.6 is 0 Å². The molecule has 3 rings (SSSR count). The van der Waals surface area contributed by atoms with Crippen LogP contribution in [0.15, 0.2) is 36.9 Å². The number of urea groups is 1. The molecule has 0 bridgehead atoms. The van der Waals surface area contributed by atoms with E-state index < -0.39 is 49.1 Å². The topological polar surface area (TPSA) is 71.8 Å². The Balaban J connectivity index is 1.90. The molecule has 0 fully saturated rings. The first-order valence-corrected chi connectivity index (χ1v) is 11.1. The first-order chi connectivity index (χ1) is 17.2. The van der Waals surface area contributed by atoms with Crippen LogP contribution in [-0.2, 0) is 0 Å². The normalized spacial score (nSPS) is 13.9. The lowest BCUT2D eigenvalue weighted by Crippen LogP contribution is -2.51. The zero-order valence-corrected chi connectivity index (χ0v) is 20.0. The van der Waals surface area contributed by atoms with Gasteiger partial charge in [0, 0.05) is 42.7 Å². The molecule has 0 aliphatic carbocycles. The molecule has 1 unspecified atom stereocenters. The van der Waals surface area contributed by atoms with E-state index in [1.165, 1.54) is 56.1 Å². The number of halogens is 7. The van der Waals surface area contributed by atoms with Gasteiger partial charge < -0.3 is 19.4 Å². The van der Waals surface area contributed by atoms with Crippen molar-refractivity contribution in [2.24, 2.45) is 0 Å². The van der Waals surface area contributed by atoms with Crippen molar-refractivity contribution in [1.82, 2.24) is 24.6 Å². The number of methoxy groups -OCH3 is 1. The molecule has 0 saturated heterocycles. The third kappa shape index (κ3) is 6.60.